The number of carboxylic acids is 4. The Bertz CT molecular complexity index is 352. The third kappa shape index (κ3) is 18.2. The van der Waals surface area contributed by atoms with E-state index in [2.05, 4.69) is 0 Å². The predicted molar refractivity (Wildman–Crippen MR) is 44.6 cm³/mol. The molecule has 0 radical (unpaired) electrons. The van der Waals surface area contributed by atoms with Crippen molar-refractivity contribution < 1.29 is 158 Å². The second-order valence-corrected chi connectivity index (χ2v) is 3.39. The molecule has 0 amide bonds. The van der Waals surface area contributed by atoms with Crippen molar-refractivity contribution in [1.29, 1.82) is 0 Å². The van der Waals surface area contributed by atoms with Crippen molar-refractivity contribution in [1.82, 2.24) is 4.90 Å². The Morgan fingerprint density at radius 2 is 1.09 bits per heavy atom. The molecule has 102 valence electrons. The van der Waals surface area contributed by atoms with Crippen LogP contribution in [0.3, 0.4) is 0 Å². The minimum absolute atomic E-state index is 0. The predicted octanol–water partition coefficient (Wildman–Crippen LogP) is -18.5. The molecule has 22 heavy (non-hydrogen) atoms. The number of nitrogens with zero attached hydrogens (tertiary/aromatic N) is 1. The van der Waals surface area contributed by atoms with Gasteiger partial charge in [-0.3, -0.25) is 4.90 Å². The first-order valence-corrected chi connectivity index (χ1v) is 4.78. The molecule has 0 rings (SSSR count). The summed E-state index contributed by atoms with van der Waals surface area (Å²) in [6, 6.07) is -1.70. The SMILES string of the molecule is O=C([O-])CC[C@H](C(=O)[O-])N(CC(=O)[O-])CC(=O)[O-].[Na+].[Na+].[Na+].[Na+]. The van der Waals surface area contributed by atoms with Gasteiger partial charge in [-0.25, -0.2) is 0 Å². The van der Waals surface area contributed by atoms with Crippen LogP contribution < -0.4 is 139 Å². The fraction of sp³-hybridized carbons (Fsp3) is 0.556. The van der Waals surface area contributed by atoms with Crippen LogP contribution >= 0.6 is 0 Å². The minimum atomic E-state index is -1.79. The molecule has 0 spiro atoms. The number of hydrogen-bond donors (Lipinski definition) is 0. The monoisotopic (exact) mass is 351 g/mol. The van der Waals surface area contributed by atoms with Crippen LogP contribution in [0.2, 0.25) is 0 Å². The Morgan fingerprint density at radius 1 is 0.727 bits per heavy atom. The van der Waals surface area contributed by atoms with Crippen molar-refractivity contribution in [2.75, 3.05) is 13.1 Å². The summed E-state index contributed by atoms with van der Waals surface area (Å²) in [4.78, 5) is 42.1. The first-order valence-electron chi connectivity index (χ1n) is 4.78. The van der Waals surface area contributed by atoms with Crippen LogP contribution in [0.25, 0.3) is 0 Å². The van der Waals surface area contributed by atoms with Gasteiger partial charge >= 0.3 is 118 Å². The molecule has 0 aliphatic carbocycles. The van der Waals surface area contributed by atoms with Gasteiger partial charge in [-0.15, -0.1) is 0 Å². The zero-order valence-corrected chi connectivity index (χ0v) is 21.1. The molecule has 0 aromatic rings. The fourth-order valence-corrected chi connectivity index (χ4v) is 1.31. The van der Waals surface area contributed by atoms with Crippen LogP contribution in [0.1, 0.15) is 12.8 Å². The van der Waals surface area contributed by atoms with Gasteiger partial charge < -0.3 is 39.6 Å². The van der Waals surface area contributed by atoms with Gasteiger partial charge in [-0.1, -0.05) is 0 Å². The maximum atomic E-state index is 10.7. The average molecular weight is 351 g/mol. The van der Waals surface area contributed by atoms with Gasteiger partial charge in [-0.05, 0) is 12.8 Å². The Balaban J connectivity index is -0.000000241. The molecule has 13 heteroatoms. The molecule has 0 bridgehead atoms. The molecule has 0 fully saturated rings. The summed E-state index contributed by atoms with van der Waals surface area (Å²) in [6.45, 7) is -2.00. The summed E-state index contributed by atoms with van der Waals surface area (Å²) in [5.74, 6) is -6.77. The maximum absolute atomic E-state index is 10.7. The van der Waals surface area contributed by atoms with Gasteiger partial charge in [0.2, 0.25) is 0 Å². The van der Waals surface area contributed by atoms with Gasteiger partial charge in [-0.2, -0.15) is 0 Å². The van der Waals surface area contributed by atoms with E-state index in [-0.39, 0.29) is 118 Å². The van der Waals surface area contributed by atoms with Crippen molar-refractivity contribution in [3.05, 3.63) is 0 Å². The van der Waals surface area contributed by atoms with Crippen LogP contribution in [0.5, 0.6) is 0 Å². The molecular weight excluding hydrogens is 342 g/mol. The molecule has 0 aliphatic rings. The van der Waals surface area contributed by atoms with E-state index in [9.17, 15) is 39.6 Å². The Morgan fingerprint density at radius 3 is 1.32 bits per heavy atom. The molecule has 0 heterocycles. The van der Waals surface area contributed by atoms with E-state index in [1.807, 2.05) is 0 Å². The summed E-state index contributed by atoms with van der Waals surface area (Å²) in [6.07, 6.45) is -1.24. The van der Waals surface area contributed by atoms with E-state index in [4.69, 9.17) is 0 Å². The number of carbonyl (C=O) groups excluding carboxylic acids is 4. The Kier molecular flexibility index (Phi) is 30.5. The van der Waals surface area contributed by atoms with Crippen molar-refractivity contribution in [2.24, 2.45) is 0 Å². The maximum Gasteiger partial charge on any atom is 1.00 e. The van der Waals surface area contributed by atoms with Gasteiger partial charge in [0, 0.05) is 19.1 Å². The molecule has 0 saturated carbocycles. The Labute approximate surface area is 215 Å². The average Bonchev–Trinajstić information content (AvgIpc) is 2.14. The van der Waals surface area contributed by atoms with Gasteiger partial charge in [0.15, 0.2) is 0 Å². The summed E-state index contributed by atoms with van der Waals surface area (Å²) >= 11 is 0. The molecule has 0 saturated heterocycles. The molecule has 9 nitrogen and oxygen atoms in total. The second kappa shape index (κ2) is 19.2. The molecule has 0 N–H and O–H groups in total. The second-order valence-electron chi connectivity index (χ2n) is 3.39. The van der Waals surface area contributed by atoms with Crippen LogP contribution in [-0.4, -0.2) is 47.9 Å². The van der Waals surface area contributed by atoms with E-state index >= 15 is 0 Å². The van der Waals surface area contributed by atoms with Crippen molar-refractivity contribution in [2.45, 2.75) is 18.9 Å². The standard InChI is InChI=1S/C9H13NO8.4Na/c11-6(12)2-1-5(9(17)18)10(3-7(13)14)4-8(15)16;;;;/h5H,1-4H2,(H,11,12)(H,13,14)(H,15,16)(H,17,18);;;;/q;4*+1/p-4/t5-;;;;/m1..../s1. The van der Waals surface area contributed by atoms with Crippen LogP contribution in [0, 0.1) is 0 Å². The van der Waals surface area contributed by atoms with Crippen LogP contribution in [-0.2, 0) is 19.2 Å². The minimum Gasteiger partial charge on any atom is -0.550 e. The van der Waals surface area contributed by atoms with E-state index in [0.717, 1.165) is 0 Å². The topological polar surface area (TPSA) is 164 Å². The van der Waals surface area contributed by atoms with Gasteiger partial charge in [0.05, 0.1) is 23.9 Å². The molecule has 0 aliphatic heterocycles. The Hall–Kier alpha value is 1.84. The van der Waals surface area contributed by atoms with Crippen molar-refractivity contribution in [3.8, 4) is 0 Å². The first kappa shape index (κ1) is 35.0. The van der Waals surface area contributed by atoms with Crippen LogP contribution in [0.4, 0.5) is 0 Å². The summed E-state index contributed by atoms with van der Waals surface area (Å²) in [5.41, 5.74) is 0. The number of carbonyl (C=O) groups is 4. The quantitative estimate of drug-likeness (QED) is 0.367. The molecule has 0 aromatic heterocycles. The van der Waals surface area contributed by atoms with E-state index in [1.54, 1.807) is 0 Å². The normalized spacial score (nSPS) is 9.86. The third-order valence-electron chi connectivity index (χ3n) is 2.00. The summed E-state index contributed by atoms with van der Waals surface area (Å²) < 4.78 is 0. The van der Waals surface area contributed by atoms with Gasteiger partial charge in [0.1, 0.15) is 0 Å². The summed E-state index contributed by atoms with van der Waals surface area (Å²) in [7, 11) is 0. The van der Waals surface area contributed by atoms with E-state index in [0.29, 0.717) is 4.90 Å². The number of rotatable bonds is 9. The van der Waals surface area contributed by atoms with E-state index < -0.39 is 55.9 Å². The fourth-order valence-electron chi connectivity index (χ4n) is 1.31. The molecule has 1 atom stereocenters. The number of aliphatic carboxylic acids is 4. The number of carboxylic acid groups (broad SMARTS) is 4. The third-order valence-corrected chi connectivity index (χ3v) is 2.00. The zero-order chi connectivity index (χ0) is 14.3. The van der Waals surface area contributed by atoms with Gasteiger partial charge in [0.25, 0.3) is 0 Å². The number of hydrogen-bond acceptors (Lipinski definition) is 9. The van der Waals surface area contributed by atoms with Crippen LogP contribution in [0.15, 0.2) is 0 Å². The zero-order valence-electron chi connectivity index (χ0n) is 13.1. The van der Waals surface area contributed by atoms with E-state index in [1.165, 1.54) is 0 Å². The molecular formula is C9H9NNa4O8. The molecule has 0 aromatic carbocycles. The smallest absolute Gasteiger partial charge is 0.550 e. The summed E-state index contributed by atoms with van der Waals surface area (Å²) in [5, 5.41) is 41.6. The largest absolute Gasteiger partial charge is 1.00 e. The van der Waals surface area contributed by atoms with Crippen molar-refractivity contribution in [3.63, 3.8) is 0 Å². The molecule has 0 unspecified atom stereocenters. The van der Waals surface area contributed by atoms with Crippen molar-refractivity contribution >= 4 is 23.9 Å². The first-order chi connectivity index (χ1) is 8.23.